The van der Waals surface area contributed by atoms with Gasteiger partial charge in [0.25, 0.3) is 0 Å². The molecule has 2 rings (SSSR count). The second kappa shape index (κ2) is 4.43. The summed E-state index contributed by atoms with van der Waals surface area (Å²) < 4.78 is 0. The lowest BCUT2D eigenvalue weighted by Gasteiger charge is -2.31. The number of aliphatic hydroxyl groups is 1. The summed E-state index contributed by atoms with van der Waals surface area (Å²) in [7, 11) is 0. The molecule has 78 valence electrons. The lowest BCUT2D eigenvalue weighted by molar-refractivity contribution is 0.104. The predicted molar refractivity (Wildman–Crippen MR) is 59.5 cm³/mol. The largest absolute Gasteiger partial charge is 0.386 e. The molecule has 0 radical (unpaired) electrons. The first-order valence-electron chi connectivity index (χ1n) is 5.22. The Labute approximate surface area is 89.0 Å². The summed E-state index contributed by atoms with van der Waals surface area (Å²) >= 11 is 1.64. The minimum absolute atomic E-state index is 0.248. The summed E-state index contributed by atoms with van der Waals surface area (Å²) in [5, 5.41) is 15.5. The molecule has 1 aliphatic rings. The fourth-order valence-electron chi connectivity index (χ4n) is 2.05. The minimum atomic E-state index is -0.322. The van der Waals surface area contributed by atoms with Crippen LogP contribution in [-0.4, -0.2) is 17.7 Å². The van der Waals surface area contributed by atoms with Gasteiger partial charge in [-0.1, -0.05) is 13.0 Å². The van der Waals surface area contributed by atoms with Crippen LogP contribution in [0.5, 0.6) is 0 Å². The van der Waals surface area contributed by atoms with Crippen LogP contribution in [0, 0.1) is 5.92 Å². The van der Waals surface area contributed by atoms with E-state index < -0.39 is 0 Å². The van der Waals surface area contributed by atoms with Crippen LogP contribution in [0.4, 0.5) is 0 Å². The molecule has 0 amide bonds. The van der Waals surface area contributed by atoms with Crippen molar-refractivity contribution in [3.63, 3.8) is 0 Å². The van der Waals surface area contributed by atoms with Crippen molar-refractivity contribution in [3.05, 3.63) is 22.4 Å². The molecule has 1 aliphatic heterocycles. The smallest absolute Gasteiger partial charge is 0.103 e. The van der Waals surface area contributed by atoms with Gasteiger partial charge < -0.3 is 10.4 Å². The van der Waals surface area contributed by atoms with E-state index in [1.807, 2.05) is 17.5 Å². The molecule has 14 heavy (non-hydrogen) atoms. The summed E-state index contributed by atoms with van der Waals surface area (Å²) in [6.07, 6.45) is 1.99. The predicted octanol–water partition coefficient (Wildman–Crippen LogP) is 2.17. The van der Waals surface area contributed by atoms with Crippen molar-refractivity contribution in [1.82, 2.24) is 5.32 Å². The van der Waals surface area contributed by atoms with E-state index in [1.165, 1.54) is 6.42 Å². The zero-order valence-electron chi connectivity index (χ0n) is 8.44. The van der Waals surface area contributed by atoms with Gasteiger partial charge in [-0.15, -0.1) is 11.3 Å². The van der Waals surface area contributed by atoms with Gasteiger partial charge in [0.2, 0.25) is 0 Å². The lowest BCUT2D eigenvalue weighted by atomic mass is 9.91. The van der Waals surface area contributed by atoms with E-state index >= 15 is 0 Å². The molecule has 2 heterocycles. The fraction of sp³-hybridized carbons (Fsp3) is 0.636. The number of hydrogen-bond acceptors (Lipinski definition) is 3. The van der Waals surface area contributed by atoms with Crippen LogP contribution in [0.25, 0.3) is 0 Å². The summed E-state index contributed by atoms with van der Waals surface area (Å²) in [6, 6.07) is 4.25. The third-order valence-corrected chi connectivity index (χ3v) is 3.86. The molecule has 0 bridgehead atoms. The number of thiophene rings is 1. The van der Waals surface area contributed by atoms with E-state index in [-0.39, 0.29) is 12.1 Å². The van der Waals surface area contributed by atoms with Crippen LogP contribution in [0.1, 0.15) is 30.7 Å². The third-order valence-electron chi connectivity index (χ3n) is 2.92. The van der Waals surface area contributed by atoms with E-state index in [1.54, 1.807) is 11.3 Å². The first kappa shape index (κ1) is 10.1. The van der Waals surface area contributed by atoms with Crippen LogP contribution in [0.2, 0.25) is 0 Å². The average Bonchev–Trinajstić information content (AvgIpc) is 2.69. The van der Waals surface area contributed by atoms with Gasteiger partial charge in [0, 0.05) is 10.9 Å². The van der Waals surface area contributed by atoms with E-state index in [0.29, 0.717) is 0 Å². The molecular formula is C11H17NOS. The Bertz CT molecular complexity index is 273. The second-order valence-corrected chi connectivity index (χ2v) is 5.13. The van der Waals surface area contributed by atoms with Crippen LogP contribution in [-0.2, 0) is 0 Å². The van der Waals surface area contributed by atoms with Gasteiger partial charge in [-0.05, 0) is 36.8 Å². The maximum absolute atomic E-state index is 10.1. The first-order valence-corrected chi connectivity index (χ1v) is 6.10. The summed E-state index contributed by atoms with van der Waals surface area (Å²) in [6.45, 7) is 3.29. The van der Waals surface area contributed by atoms with Crippen LogP contribution >= 0.6 is 11.3 Å². The van der Waals surface area contributed by atoms with Crippen molar-refractivity contribution in [2.75, 3.05) is 6.54 Å². The van der Waals surface area contributed by atoms with Crippen molar-refractivity contribution in [2.45, 2.75) is 31.9 Å². The van der Waals surface area contributed by atoms with Crippen LogP contribution in [0.3, 0.4) is 0 Å². The second-order valence-electron chi connectivity index (χ2n) is 4.15. The number of rotatable bonds is 2. The van der Waals surface area contributed by atoms with Crippen molar-refractivity contribution in [3.8, 4) is 0 Å². The molecule has 0 aromatic carbocycles. The van der Waals surface area contributed by atoms with Gasteiger partial charge >= 0.3 is 0 Å². The molecule has 3 heteroatoms. The van der Waals surface area contributed by atoms with E-state index in [4.69, 9.17) is 0 Å². The summed E-state index contributed by atoms with van der Waals surface area (Å²) in [5.41, 5.74) is 0. The Morgan fingerprint density at radius 2 is 2.50 bits per heavy atom. The lowest BCUT2D eigenvalue weighted by Crippen LogP contribution is -2.41. The Morgan fingerprint density at radius 3 is 3.14 bits per heavy atom. The molecule has 1 aromatic heterocycles. The highest BCUT2D eigenvalue weighted by atomic mass is 32.1. The zero-order chi connectivity index (χ0) is 9.97. The number of nitrogens with one attached hydrogen (secondary N) is 1. The Kier molecular flexibility index (Phi) is 3.21. The fourth-order valence-corrected chi connectivity index (χ4v) is 2.82. The van der Waals surface area contributed by atoms with Gasteiger partial charge in [-0.2, -0.15) is 0 Å². The highest BCUT2D eigenvalue weighted by Crippen LogP contribution is 2.28. The standard InChI is InChI=1S/C11H17NOS/c1-8-4-5-12-9(7-8)11(13)10-3-2-6-14-10/h2-3,6,8-9,11-13H,4-5,7H2,1H3. The first-order chi connectivity index (χ1) is 6.77. The molecule has 0 spiro atoms. The average molecular weight is 211 g/mol. The van der Waals surface area contributed by atoms with Gasteiger partial charge in [-0.25, -0.2) is 0 Å². The monoisotopic (exact) mass is 211 g/mol. The van der Waals surface area contributed by atoms with Gasteiger partial charge in [0.05, 0.1) is 0 Å². The van der Waals surface area contributed by atoms with Crippen molar-refractivity contribution >= 4 is 11.3 Å². The normalized spacial score (nSPS) is 30.1. The summed E-state index contributed by atoms with van der Waals surface area (Å²) in [5.74, 6) is 0.732. The van der Waals surface area contributed by atoms with Crippen molar-refractivity contribution < 1.29 is 5.11 Å². The molecular weight excluding hydrogens is 194 g/mol. The quantitative estimate of drug-likeness (QED) is 0.786. The van der Waals surface area contributed by atoms with Crippen molar-refractivity contribution in [1.29, 1.82) is 0 Å². The Balaban J connectivity index is 2.00. The molecule has 3 unspecified atom stereocenters. The maximum Gasteiger partial charge on any atom is 0.103 e. The molecule has 1 saturated heterocycles. The molecule has 1 aromatic rings. The van der Waals surface area contributed by atoms with E-state index in [9.17, 15) is 5.11 Å². The highest BCUT2D eigenvalue weighted by Gasteiger charge is 2.26. The number of piperidine rings is 1. The van der Waals surface area contributed by atoms with Gasteiger partial charge in [0.1, 0.15) is 6.10 Å². The number of aliphatic hydroxyl groups excluding tert-OH is 1. The topological polar surface area (TPSA) is 32.3 Å². The maximum atomic E-state index is 10.1. The van der Waals surface area contributed by atoms with E-state index in [2.05, 4.69) is 12.2 Å². The Hall–Kier alpha value is -0.380. The molecule has 0 aliphatic carbocycles. The van der Waals surface area contributed by atoms with Crippen LogP contribution < -0.4 is 5.32 Å². The zero-order valence-corrected chi connectivity index (χ0v) is 9.26. The molecule has 0 saturated carbocycles. The van der Waals surface area contributed by atoms with Crippen molar-refractivity contribution in [2.24, 2.45) is 5.92 Å². The summed E-state index contributed by atoms with van der Waals surface area (Å²) in [4.78, 5) is 1.08. The molecule has 2 nitrogen and oxygen atoms in total. The SMILES string of the molecule is CC1CCNC(C(O)c2cccs2)C1. The van der Waals surface area contributed by atoms with E-state index in [0.717, 1.165) is 23.8 Å². The van der Waals surface area contributed by atoms with Crippen LogP contribution in [0.15, 0.2) is 17.5 Å². The third kappa shape index (κ3) is 2.16. The molecule has 3 atom stereocenters. The van der Waals surface area contributed by atoms with Gasteiger partial charge in [-0.3, -0.25) is 0 Å². The highest BCUT2D eigenvalue weighted by molar-refractivity contribution is 7.10. The Morgan fingerprint density at radius 1 is 1.64 bits per heavy atom. The molecule has 1 fully saturated rings. The van der Waals surface area contributed by atoms with Gasteiger partial charge in [0.15, 0.2) is 0 Å². The number of hydrogen-bond donors (Lipinski definition) is 2. The molecule has 2 N–H and O–H groups in total. The minimum Gasteiger partial charge on any atom is -0.386 e.